The van der Waals surface area contributed by atoms with Crippen LogP contribution in [0.1, 0.15) is 31.2 Å². The van der Waals surface area contributed by atoms with Gasteiger partial charge in [0.15, 0.2) is 5.13 Å². The average molecular weight is 440 g/mol. The number of nitrogens with zero attached hydrogens (tertiary/aromatic N) is 4. The molecule has 1 aliphatic carbocycles. The van der Waals surface area contributed by atoms with Crippen molar-refractivity contribution in [3.8, 4) is 0 Å². The number of pyridine rings is 2. The maximum absolute atomic E-state index is 6.20. The van der Waals surface area contributed by atoms with Crippen molar-refractivity contribution in [3.63, 3.8) is 0 Å². The molecule has 2 fully saturated rings. The molecule has 5 rings (SSSR count). The molecular formula is C22H29N7OS. The third-order valence-corrected chi connectivity index (χ3v) is 6.76. The summed E-state index contributed by atoms with van der Waals surface area (Å²) in [6.07, 6.45) is 6.19. The molecule has 2 aliphatic rings. The minimum absolute atomic E-state index is 0.274. The molecule has 0 radical (unpaired) electrons. The number of rotatable bonds is 6. The van der Waals surface area contributed by atoms with E-state index in [2.05, 4.69) is 37.6 Å². The van der Waals surface area contributed by atoms with E-state index in [9.17, 15) is 0 Å². The number of morpholine rings is 1. The molecule has 0 bridgehead atoms. The molecule has 0 spiro atoms. The Balaban J connectivity index is 1.38. The number of nitrogens with two attached hydrogens (primary N) is 1. The molecule has 1 saturated heterocycles. The highest BCUT2D eigenvalue weighted by atomic mass is 32.1. The van der Waals surface area contributed by atoms with Crippen LogP contribution in [0.5, 0.6) is 0 Å². The van der Waals surface area contributed by atoms with Gasteiger partial charge in [0.05, 0.1) is 13.2 Å². The summed E-state index contributed by atoms with van der Waals surface area (Å²) >= 11 is 1.54. The summed E-state index contributed by atoms with van der Waals surface area (Å²) in [4.78, 5) is 17.2. The molecule has 2 atom stereocenters. The van der Waals surface area contributed by atoms with Gasteiger partial charge in [0, 0.05) is 37.9 Å². The number of hydrogen-bond acceptors (Lipinski definition) is 9. The first-order valence-corrected chi connectivity index (χ1v) is 11.8. The zero-order valence-corrected chi connectivity index (χ0v) is 18.4. The van der Waals surface area contributed by atoms with E-state index in [4.69, 9.17) is 15.5 Å². The largest absolute Gasteiger partial charge is 0.379 e. The Kier molecular flexibility index (Phi) is 6.26. The van der Waals surface area contributed by atoms with Gasteiger partial charge in [-0.3, -0.25) is 4.90 Å². The molecule has 164 valence electrons. The van der Waals surface area contributed by atoms with E-state index >= 15 is 0 Å². The molecule has 1 aliphatic heterocycles. The lowest BCUT2D eigenvalue weighted by Crippen LogP contribution is -2.36. The van der Waals surface area contributed by atoms with E-state index in [1.165, 1.54) is 16.9 Å². The second-order valence-corrected chi connectivity index (χ2v) is 9.35. The van der Waals surface area contributed by atoms with E-state index in [1.807, 2.05) is 12.1 Å². The number of aromatic nitrogens is 3. The molecule has 3 aromatic heterocycles. The minimum atomic E-state index is 0.274. The predicted molar refractivity (Wildman–Crippen MR) is 125 cm³/mol. The highest BCUT2D eigenvalue weighted by Crippen LogP contribution is 2.28. The first kappa shape index (κ1) is 20.6. The Bertz CT molecular complexity index is 987. The fraction of sp³-hybridized carbons (Fsp3) is 0.500. The van der Waals surface area contributed by atoms with Crippen LogP contribution in [0.3, 0.4) is 0 Å². The number of ether oxygens (including phenoxy) is 1. The van der Waals surface area contributed by atoms with E-state index in [0.29, 0.717) is 6.04 Å². The van der Waals surface area contributed by atoms with Gasteiger partial charge in [0.1, 0.15) is 22.0 Å². The molecule has 0 aromatic carbocycles. The normalized spacial score (nSPS) is 22.5. The zero-order chi connectivity index (χ0) is 21.0. The van der Waals surface area contributed by atoms with Crippen molar-refractivity contribution >= 4 is 38.5 Å². The number of thiazole rings is 1. The summed E-state index contributed by atoms with van der Waals surface area (Å²) in [5.41, 5.74) is 8.32. The summed E-state index contributed by atoms with van der Waals surface area (Å²) in [6.45, 7) is 4.37. The second-order valence-electron chi connectivity index (χ2n) is 8.37. The molecule has 4 heterocycles. The zero-order valence-electron chi connectivity index (χ0n) is 17.6. The van der Waals surface area contributed by atoms with Crippen molar-refractivity contribution in [2.75, 3.05) is 36.9 Å². The number of hydrogen-bond donors (Lipinski definition) is 3. The van der Waals surface area contributed by atoms with Crippen LogP contribution in [-0.2, 0) is 11.3 Å². The van der Waals surface area contributed by atoms with E-state index in [-0.39, 0.29) is 6.04 Å². The van der Waals surface area contributed by atoms with E-state index < -0.39 is 0 Å². The van der Waals surface area contributed by atoms with Crippen molar-refractivity contribution in [1.29, 1.82) is 0 Å². The Morgan fingerprint density at radius 3 is 2.87 bits per heavy atom. The highest BCUT2D eigenvalue weighted by molar-refractivity contribution is 7.21. The first-order valence-electron chi connectivity index (χ1n) is 11.0. The van der Waals surface area contributed by atoms with Gasteiger partial charge in [0.2, 0.25) is 0 Å². The molecule has 0 amide bonds. The summed E-state index contributed by atoms with van der Waals surface area (Å²) in [6, 6.07) is 8.81. The molecule has 31 heavy (non-hydrogen) atoms. The summed E-state index contributed by atoms with van der Waals surface area (Å²) < 4.78 is 5.50. The standard InChI is InChI=1S/C22H29N7OS/c23-16-3-1-4-17(13-16)25-19-11-15(14-29-7-9-30-10-8-29)12-20(27-19)28-22-26-18-5-2-6-24-21(18)31-22/h2,5-6,11-12,16-17H,1,3-4,7-10,13-14,23H2,(H2,25,26,27,28)/t16-,17+/m0/s1. The lowest BCUT2D eigenvalue weighted by atomic mass is 9.91. The maximum Gasteiger partial charge on any atom is 0.190 e. The monoisotopic (exact) mass is 439 g/mol. The summed E-state index contributed by atoms with van der Waals surface area (Å²) in [7, 11) is 0. The van der Waals surface area contributed by atoms with Crippen molar-refractivity contribution in [2.24, 2.45) is 5.73 Å². The second kappa shape index (κ2) is 9.44. The summed E-state index contributed by atoms with van der Waals surface area (Å²) in [5, 5.41) is 7.85. The molecule has 9 heteroatoms. The Labute approximate surface area is 186 Å². The van der Waals surface area contributed by atoms with Gasteiger partial charge in [-0.25, -0.2) is 15.0 Å². The minimum Gasteiger partial charge on any atom is -0.379 e. The van der Waals surface area contributed by atoms with Gasteiger partial charge in [-0.1, -0.05) is 11.3 Å². The predicted octanol–water partition coefficient (Wildman–Crippen LogP) is 3.34. The van der Waals surface area contributed by atoms with Crippen molar-refractivity contribution in [3.05, 3.63) is 36.0 Å². The fourth-order valence-corrected chi connectivity index (χ4v) is 5.15. The smallest absolute Gasteiger partial charge is 0.190 e. The molecule has 3 aromatic rings. The van der Waals surface area contributed by atoms with E-state index in [1.54, 1.807) is 6.20 Å². The lowest BCUT2D eigenvalue weighted by Gasteiger charge is -2.29. The number of anilines is 3. The third kappa shape index (κ3) is 5.30. The van der Waals surface area contributed by atoms with Crippen molar-refractivity contribution in [1.82, 2.24) is 19.9 Å². The van der Waals surface area contributed by atoms with Crippen LogP contribution in [0, 0.1) is 0 Å². The highest BCUT2D eigenvalue weighted by Gasteiger charge is 2.20. The van der Waals surface area contributed by atoms with Crippen LogP contribution in [0.2, 0.25) is 0 Å². The number of fused-ring (bicyclic) bond motifs is 1. The maximum atomic E-state index is 6.20. The van der Waals surface area contributed by atoms with Gasteiger partial charge < -0.3 is 21.1 Å². The van der Waals surface area contributed by atoms with Crippen LogP contribution < -0.4 is 16.4 Å². The van der Waals surface area contributed by atoms with E-state index in [0.717, 1.165) is 85.6 Å². The molecular weight excluding hydrogens is 410 g/mol. The molecule has 0 unspecified atom stereocenters. The van der Waals surface area contributed by atoms with Crippen molar-refractivity contribution in [2.45, 2.75) is 44.3 Å². The van der Waals surface area contributed by atoms with Gasteiger partial charge in [-0.2, -0.15) is 0 Å². The lowest BCUT2D eigenvalue weighted by molar-refractivity contribution is 0.0342. The van der Waals surface area contributed by atoms with Crippen LogP contribution in [0.25, 0.3) is 10.3 Å². The van der Waals surface area contributed by atoms with Crippen LogP contribution in [0.15, 0.2) is 30.5 Å². The topological polar surface area (TPSA) is 101 Å². The Morgan fingerprint density at radius 1 is 1.16 bits per heavy atom. The van der Waals surface area contributed by atoms with Crippen LogP contribution >= 0.6 is 11.3 Å². The van der Waals surface area contributed by atoms with Crippen LogP contribution in [-0.4, -0.2) is 58.2 Å². The van der Waals surface area contributed by atoms with Gasteiger partial charge >= 0.3 is 0 Å². The Morgan fingerprint density at radius 2 is 2.03 bits per heavy atom. The van der Waals surface area contributed by atoms with Gasteiger partial charge in [0.25, 0.3) is 0 Å². The Hall–Kier alpha value is -2.33. The average Bonchev–Trinajstić information content (AvgIpc) is 3.16. The quantitative estimate of drug-likeness (QED) is 0.538. The SMILES string of the molecule is N[C@H]1CCC[C@@H](Nc2cc(CN3CCOCC3)cc(Nc3nc4cccnc4s3)n2)C1. The number of nitrogens with one attached hydrogen (secondary N) is 2. The molecule has 4 N–H and O–H groups in total. The fourth-order valence-electron chi connectivity index (χ4n) is 4.33. The third-order valence-electron chi connectivity index (χ3n) is 5.86. The first-order chi connectivity index (χ1) is 15.2. The molecule has 8 nitrogen and oxygen atoms in total. The molecule has 1 saturated carbocycles. The summed E-state index contributed by atoms with van der Waals surface area (Å²) in [5.74, 6) is 1.69. The van der Waals surface area contributed by atoms with Crippen LogP contribution in [0.4, 0.5) is 16.8 Å². The van der Waals surface area contributed by atoms with Gasteiger partial charge in [-0.15, -0.1) is 0 Å². The van der Waals surface area contributed by atoms with Crippen molar-refractivity contribution < 1.29 is 4.74 Å². The van der Waals surface area contributed by atoms with Gasteiger partial charge in [-0.05, 0) is 55.5 Å².